The molecule has 0 saturated carbocycles. The first-order valence-electron chi connectivity index (χ1n) is 9.36. The van der Waals surface area contributed by atoms with Crippen molar-refractivity contribution < 1.29 is 22.7 Å². The molecule has 0 aliphatic carbocycles. The van der Waals surface area contributed by atoms with Crippen molar-refractivity contribution in [1.82, 2.24) is 9.62 Å². The summed E-state index contributed by atoms with van der Waals surface area (Å²) in [7, 11) is -2.23. The fourth-order valence-corrected chi connectivity index (χ4v) is 5.19. The Bertz CT molecular complexity index is 1070. The van der Waals surface area contributed by atoms with Gasteiger partial charge in [0.1, 0.15) is 11.8 Å². The standard InChI is InChI=1S/C20H20ClN3O5S/c1-29-16-6-4-15(5-7-16)24-19(25)18-12-14(10-11-23(18)20(24)26)22-30(27,28)17-8-2-13(21)3-9-17/h2-9,14,18,22H,10-12H2,1H3. The number of anilines is 1. The van der Waals surface area contributed by atoms with Gasteiger partial charge < -0.3 is 9.64 Å². The molecule has 30 heavy (non-hydrogen) atoms. The molecule has 2 unspecified atom stereocenters. The molecule has 2 saturated heterocycles. The number of piperidine rings is 1. The van der Waals surface area contributed by atoms with Gasteiger partial charge in [-0.3, -0.25) is 4.79 Å². The van der Waals surface area contributed by atoms with Crippen molar-refractivity contribution in [3.8, 4) is 5.75 Å². The van der Waals surface area contributed by atoms with Crippen molar-refractivity contribution in [3.05, 3.63) is 53.6 Å². The van der Waals surface area contributed by atoms with E-state index in [0.717, 1.165) is 4.90 Å². The smallest absolute Gasteiger partial charge is 0.332 e. The van der Waals surface area contributed by atoms with Gasteiger partial charge in [0.2, 0.25) is 10.0 Å². The summed E-state index contributed by atoms with van der Waals surface area (Å²) in [5.41, 5.74) is 0.457. The number of urea groups is 1. The second-order valence-corrected chi connectivity index (χ2v) is 9.31. The molecule has 8 nitrogen and oxygen atoms in total. The molecule has 3 amide bonds. The minimum Gasteiger partial charge on any atom is -0.497 e. The van der Waals surface area contributed by atoms with E-state index >= 15 is 0 Å². The summed E-state index contributed by atoms with van der Waals surface area (Å²) in [6, 6.07) is 11.0. The second-order valence-electron chi connectivity index (χ2n) is 7.16. The van der Waals surface area contributed by atoms with E-state index in [9.17, 15) is 18.0 Å². The van der Waals surface area contributed by atoms with E-state index in [2.05, 4.69) is 4.72 Å². The van der Waals surface area contributed by atoms with Crippen LogP contribution in [0, 0.1) is 0 Å². The second kappa shape index (κ2) is 7.90. The van der Waals surface area contributed by atoms with Crippen LogP contribution in [0.4, 0.5) is 10.5 Å². The molecule has 0 spiro atoms. The zero-order valence-electron chi connectivity index (χ0n) is 16.1. The van der Waals surface area contributed by atoms with Crippen LogP contribution in [0.5, 0.6) is 5.75 Å². The monoisotopic (exact) mass is 449 g/mol. The van der Waals surface area contributed by atoms with Gasteiger partial charge >= 0.3 is 6.03 Å². The molecule has 0 bridgehead atoms. The SMILES string of the molecule is COc1ccc(N2C(=O)C3CC(NS(=O)(=O)c4ccc(Cl)cc4)CCN3C2=O)cc1. The maximum atomic E-state index is 13.0. The predicted octanol–water partition coefficient (Wildman–Crippen LogP) is 2.63. The van der Waals surface area contributed by atoms with E-state index in [1.54, 1.807) is 24.3 Å². The fourth-order valence-electron chi connectivity index (χ4n) is 3.78. The summed E-state index contributed by atoms with van der Waals surface area (Å²) >= 11 is 5.82. The molecule has 0 aromatic heterocycles. The molecule has 10 heteroatoms. The number of rotatable bonds is 5. The van der Waals surface area contributed by atoms with Gasteiger partial charge in [0, 0.05) is 17.6 Å². The number of amides is 3. The number of ether oxygens (including phenoxy) is 1. The Kier molecular flexibility index (Phi) is 5.44. The molecule has 2 aromatic rings. The Balaban J connectivity index is 1.50. The molecular formula is C20H20ClN3O5S. The van der Waals surface area contributed by atoms with Crippen LogP contribution in [0.25, 0.3) is 0 Å². The third kappa shape index (κ3) is 3.76. The highest BCUT2D eigenvalue weighted by atomic mass is 35.5. The van der Waals surface area contributed by atoms with Gasteiger partial charge in [0.15, 0.2) is 0 Å². The van der Waals surface area contributed by atoms with E-state index in [1.165, 1.54) is 36.3 Å². The summed E-state index contributed by atoms with van der Waals surface area (Å²) < 4.78 is 33.1. The third-order valence-electron chi connectivity index (χ3n) is 5.32. The predicted molar refractivity (Wildman–Crippen MR) is 111 cm³/mol. The lowest BCUT2D eigenvalue weighted by atomic mass is 9.99. The number of methoxy groups -OCH3 is 1. The Labute approximate surface area is 179 Å². The third-order valence-corrected chi connectivity index (χ3v) is 7.11. The Morgan fingerprint density at radius 1 is 1.07 bits per heavy atom. The summed E-state index contributed by atoms with van der Waals surface area (Å²) in [5.74, 6) is 0.257. The highest BCUT2D eigenvalue weighted by Gasteiger charge is 2.49. The molecule has 2 heterocycles. The number of nitrogens with one attached hydrogen (secondary N) is 1. The van der Waals surface area contributed by atoms with Gasteiger partial charge in [-0.25, -0.2) is 22.8 Å². The van der Waals surface area contributed by atoms with Crippen LogP contribution in [0.2, 0.25) is 5.02 Å². The van der Waals surface area contributed by atoms with E-state index in [1.807, 2.05) is 0 Å². The summed E-state index contributed by atoms with van der Waals surface area (Å²) in [6.45, 7) is 0.287. The number of nitrogens with zero attached hydrogens (tertiary/aromatic N) is 2. The summed E-state index contributed by atoms with van der Waals surface area (Å²) in [5, 5.41) is 0.441. The first kappa shape index (κ1) is 20.6. The quantitative estimate of drug-likeness (QED) is 0.708. The molecule has 2 aromatic carbocycles. The van der Waals surface area contributed by atoms with Crippen molar-refractivity contribution in [2.45, 2.75) is 29.8 Å². The first-order chi connectivity index (χ1) is 14.3. The van der Waals surface area contributed by atoms with E-state index in [-0.39, 0.29) is 23.8 Å². The van der Waals surface area contributed by atoms with Gasteiger partial charge in [0.05, 0.1) is 17.7 Å². The first-order valence-corrected chi connectivity index (χ1v) is 11.2. The van der Waals surface area contributed by atoms with Crippen LogP contribution in [0.15, 0.2) is 53.4 Å². The van der Waals surface area contributed by atoms with Gasteiger partial charge in [0.25, 0.3) is 5.91 Å². The number of sulfonamides is 1. The molecule has 2 fully saturated rings. The number of carbonyl (C=O) groups excluding carboxylic acids is 2. The zero-order chi connectivity index (χ0) is 21.5. The van der Waals surface area contributed by atoms with Gasteiger partial charge in [-0.1, -0.05) is 11.6 Å². The number of halogens is 1. The van der Waals surface area contributed by atoms with Crippen LogP contribution in [0.3, 0.4) is 0 Å². The Morgan fingerprint density at radius 2 is 1.73 bits per heavy atom. The van der Waals surface area contributed by atoms with Crippen molar-refractivity contribution in [2.24, 2.45) is 0 Å². The van der Waals surface area contributed by atoms with E-state index < -0.39 is 28.1 Å². The number of imide groups is 1. The van der Waals surface area contributed by atoms with Crippen molar-refractivity contribution in [2.75, 3.05) is 18.6 Å². The maximum Gasteiger partial charge on any atom is 0.332 e. The van der Waals surface area contributed by atoms with E-state index in [4.69, 9.17) is 16.3 Å². The summed E-state index contributed by atoms with van der Waals surface area (Å²) in [6.07, 6.45) is 0.628. The number of fused-ring (bicyclic) bond motifs is 1. The van der Waals surface area contributed by atoms with Crippen molar-refractivity contribution >= 4 is 39.2 Å². The van der Waals surface area contributed by atoms with Crippen LogP contribution in [0.1, 0.15) is 12.8 Å². The molecule has 0 radical (unpaired) electrons. The largest absolute Gasteiger partial charge is 0.497 e. The number of benzene rings is 2. The molecule has 2 aliphatic heterocycles. The average Bonchev–Trinajstić information content (AvgIpc) is 2.98. The Morgan fingerprint density at radius 3 is 2.37 bits per heavy atom. The number of hydrogen-bond donors (Lipinski definition) is 1. The lowest BCUT2D eigenvalue weighted by molar-refractivity contribution is -0.120. The fraction of sp³-hybridized carbons (Fsp3) is 0.300. The topological polar surface area (TPSA) is 96.0 Å². The molecule has 4 rings (SSSR count). The van der Waals surface area contributed by atoms with Crippen molar-refractivity contribution in [3.63, 3.8) is 0 Å². The lowest BCUT2D eigenvalue weighted by Crippen LogP contribution is -2.49. The normalized spacial score (nSPS) is 21.7. The number of hydrogen-bond acceptors (Lipinski definition) is 5. The number of carbonyl (C=O) groups is 2. The highest BCUT2D eigenvalue weighted by Crippen LogP contribution is 2.32. The van der Waals surface area contributed by atoms with Gasteiger partial charge in [-0.15, -0.1) is 0 Å². The molecule has 1 N–H and O–H groups in total. The summed E-state index contributed by atoms with van der Waals surface area (Å²) in [4.78, 5) is 28.5. The minimum atomic E-state index is -3.76. The highest BCUT2D eigenvalue weighted by molar-refractivity contribution is 7.89. The molecule has 2 atom stereocenters. The van der Waals surface area contributed by atoms with Crippen LogP contribution >= 0.6 is 11.6 Å². The van der Waals surface area contributed by atoms with Crippen molar-refractivity contribution in [1.29, 1.82) is 0 Å². The van der Waals surface area contributed by atoms with Crippen LogP contribution in [-0.4, -0.2) is 51.0 Å². The van der Waals surface area contributed by atoms with Gasteiger partial charge in [-0.05, 0) is 61.4 Å². The van der Waals surface area contributed by atoms with E-state index in [0.29, 0.717) is 22.9 Å². The molecule has 158 valence electrons. The Hall–Kier alpha value is -2.62. The molecular weight excluding hydrogens is 430 g/mol. The van der Waals surface area contributed by atoms with Crippen LogP contribution in [-0.2, 0) is 14.8 Å². The molecule has 2 aliphatic rings. The van der Waals surface area contributed by atoms with Gasteiger partial charge in [-0.2, -0.15) is 0 Å². The minimum absolute atomic E-state index is 0.100. The lowest BCUT2D eigenvalue weighted by Gasteiger charge is -2.32. The maximum absolute atomic E-state index is 13.0. The van der Waals surface area contributed by atoms with Crippen LogP contribution < -0.4 is 14.4 Å². The average molecular weight is 450 g/mol. The zero-order valence-corrected chi connectivity index (χ0v) is 17.7.